The van der Waals surface area contributed by atoms with E-state index in [-0.39, 0.29) is 21.3 Å². The number of thiophene rings is 1. The van der Waals surface area contributed by atoms with E-state index in [0.717, 1.165) is 17.4 Å². The summed E-state index contributed by atoms with van der Waals surface area (Å²) in [6.45, 7) is 3.04. The molecule has 0 aliphatic carbocycles. The Labute approximate surface area is 140 Å². The van der Waals surface area contributed by atoms with Crippen molar-refractivity contribution in [1.82, 2.24) is 9.88 Å². The Balaban J connectivity index is 2.05. The Morgan fingerprint density at radius 3 is 2.75 bits per heavy atom. The van der Waals surface area contributed by atoms with Gasteiger partial charge in [0.15, 0.2) is 0 Å². The molecular formula is C13H15F3N2O4S2. The van der Waals surface area contributed by atoms with Gasteiger partial charge in [-0.25, -0.2) is 13.1 Å². The van der Waals surface area contributed by atoms with Crippen LogP contribution in [-0.4, -0.2) is 33.3 Å². The van der Waals surface area contributed by atoms with Crippen molar-refractivity contribution in [2.45, 2.75) is 23.7 Å². The van der Waals surface area contributed by atoms with Gasteiger partial charge in [-0.2, -0.15) is 13.2 Å². The van der Waals surface area contributed by atoms with E-state index >= 15 is 0 Å². The zero-order chi connectivity index (χ0) is 17.8. The fourth-order valence-electron chi connectivity index (χ4n) is 1.72. The minimum Gasteiger partial charge on any atom is -0.382 e. The molecule has 2 rings (SSSR count). The Morgan fingerprint density at radius 1 is 1.38 bits per heavy atom. The summed E-state index contributed by atoms with van der Waals surface area (Å²) in [5.41, 5.74) is -0.0647. The summed E-state index contributed by atoms with van der Waals surface area (Å²) in [6.07, 6.45) is -4.12. The predicted octanol–water partition coefficient (Wildman–Crippen LogP) is 3.13. The minimum atomic E-state index is -4.64. The maximum absolute atomic E-state index is 12.5. The molecule has 0 unspecified atom stereocenters. The molecule has 134 valence electrons. The van der Waals surface area contributed by atoms with Crippen LogP contribution in [0.25, 0.3) is 10.6 Å². The summed E-state index contributed by atoms with van der Waals surface area (Å²) >= 11 is 0.814. The summed E-state index contributed by atoms with van der Waals surface area (Å²) in [5, 5.41) is 3.33. The summed E-state index contributed by atoms with van der Waals surface area (Å²) in [6, 6.07) is 3.43. The maximum Gasteiger partial charge on any atom is 0.452 e. The maximum atomic E-state index is 12.5. The molecular weight excluding hydrogens is 369 g/mol. The molecule has 1 N–H and O–H groups in total. The standard InChI is InChI=1S/C13H15F3N2O4S2/c1-2-21-7-3-6-17-24(19,20)12-5-4-10(23-12)9-8-11(22-18-9)13(14,15)16/h4-5,8,17H,2-3,6-7H2,1H3. The second-order valence-corrected chi connectivity index (χ2v) is 7.72. The van der Waals surface area contributed by atoms with Gasteiger partial charge in [-0.15, -0.1) is 11.3 Å². The minimum absolute atomic E-state index is 0.00883. The van der Waals surface area contributed by atoms with Crippen LogP contribution in [0.2, 0.25) is 0 Å². The molecule has 0 spiro atoms. The summed E-state index contributed by atoms with van der Waals surface area (Å²) < 4.78 is 73.4. The molecule has 0 bridgehead atoms. The molecule has 0 radical (unpaired) electrons. The van der Waals surface area contributed by atoms with E-state index in [1.54, 1.807) is 0 Å². The summed E-state index contributed by atoms with van der Waals surface area (Å²) in [4.78, 5) is 0.268. The lowest BCUT2D eigenvalue weighted by Gasteiger charge is -2.04. The molecule has 0 atom stereocenters. The first-order chi connectivity index (χ1) is 11.2. The first kappa shape index (κ1) is 18.9. The van der Waals surface area contributed by atoms with Gasteiger partial charge in [0.1, 0.15) is 9.90 Å². The number of hydrogen-bond donors (Lipinski definition) is 1. The van der Waals surface area contributed by atoms with E-state index in [2.05, 4.69) is 14.4 Å². The van der Waals surface area contributed by atoms with Crippen molar-refractivity contribution in [2.24, 2.45) is 0 Å². The second-order valence-electron chi connectivity index (χ2n) is 4.64. The van der Waals surface area contributed by atoms with Crippen molar-refractivity contribution in [3.63, 3.8) is 0 Å². The van der Waals surface area contributed by atoms with Crippen molar-refractivity contribution >= 4 is 21.4 Å². The van der Waals surface area contributed by atoms with Gasteiger partial charge in [0, 0.05) is 25.8 Å². The van der Waals surface area contributed by atoms with E-state index in [0.29, 0.717) is 19.6 Å². The molecule has 0 aromatic carbocycles. The normalized spacial score (nSPS) is 12.7. The number of nitrogens with zero attached hydrogens (tertiary/aromatic N) is 1. The van der Waals surface area contributed by atoms with Crippen molar-refractivity contribution in [2.75, 3.05) is 19.8 Å². The van der Waals surface area contributed by atoms with Crippen LogP contribution in [0.1, 0.15) is 19.1 Å². The number of ether oxygens (including phenoxy) is 1. The van der Waals surface area contributed by atoms with Gasteiger partial charge in [0.05, 0.1) is 4.88 Å². The van der Waals surface area contributed by atoms with Gasteiger partial charge >= 0.3 is 6.18 Å². The van der Waals surface area contributed by atoms with Crippen LogP contribution < -0.4 is 4.72 Å². The smallest absolute Gasteiger partial charge is 0.382 e. The average molecular weight is 384 g/mol. The van der Waals surface area contributed by atoms with E-state index in [1.165, 1.54) is 12.1 Å². The topological polar surface area (TPSA) is 81.4 Å². The zero-order valence-electron chi connectivity index (χ0n) is 12.6. The zero-order valence-corrected chi connectivity index (χ0v) is 14.2. The van der Waals surface area contributed by atoms with Crippen molar-refractivity contribution in [3.8, 4) is 10.6 Å². The van der Waals surface area contributed by atoms with E-state index in [4.69, 9.17) is 4.74 Å². The van der Waals surface area contributed by atoms with E-state index < -0.39 is 22.0 Å². The molecule has 0 fully saturated rings. The van der Waals surface area contributed by atoms with Gasteiger partial charge < -0.3 is 9.26 Å². The van der Waals surface area contributed by atoms with Crippen LogP contribution in [0.5, 0.6) is 0 Å². The third kappa shape index (κ3) is 4.79. The highest BCUT2D eigenvalue weighted by Gasteiger charge is 2.36. The quantitative estimate of drug-likeness (QED) is 0.707. The Kier molecular flexibility index (Phi) is 6.01. The van der Waals surface area contributed by atoms with Gasteiger partial charge in [-0.05, 0) is 25.5 Å². The van der Waals surface area contributed by atoms with Crippen LogP contribution in [0, 0.1) is 0 Å². The molecule has 0 amide bonds. The molecule has 0 aliphatic rings. The first-order valence-corrected chi connectivity index (χ1v) is 9.25. The number of alkyl halides is 3. The Bertz CT molecular complexity index is 768. The van der Waals surface area contributed by atoms with Crippen LogP contribution in [0.3, 0.4) is 0 Å². The third-order valence-corrected chi connectivity index (χ3v) is 5.91. The number of hydrogen-bond acceptors (Lipinski definition) is 6. The molecule has 11 heteroatoms. The van der Waals surface area contributed by atoms with E-state index in [1.807, 2.05) is 6.92 Å². The number of halogens is 3. The van der Waals surface area contributed by atoms with Crippen molar-refractivity contribution in [3.05, 3.63) is 24.0 Å². The first-order valence-electron chi connectivity index (χ1n) is 6.95. The molecule has 0 saturated carbocycles. The molecule has 2 aromatic heterocycles. The monoisotopic (exact) mass is 384 g/mol. The number of nitrogens with one attached hydrogen (secondary N) is 1. The summed E-state index contributed by atoms with van der Waals surface area (Å²) in [7, 11) is -3.72. The van der Waals surface area contributed by atoms with Crippen molar-refractivity contribution < 1.29 is 30.8 Å². The molecule has 6 nitrogen and oxygen atoms in total. The molecule has 2 heterocycles. The third-order valence-electron chi connectivity index (χ3n) is 2.85. The Hall–Kier alpha value is -1.43. The fraction of sp³-hybridized carbons (Fsp3) is 0.462. The highest BCUT2D eigenvalue weighted by molar-refractivity contribution is 7.91. The highest BCUT2D eigenvalue weighted by atomic mass is 32.2. The second kappa shape index (κ2) is 7.64. The van der Waals surface area contributed by atoms with Crippen LogP contribution >= 0.6 is 11.3 Å². The fourth-order valence-corrected chi connectivity index (χ4v) is 4.10. The van der Waals surface area contributed by atoms with Crippen molar-refractivity contribution in [1.29, 1.82) is 0 Å². The molecule has 2 aromatic rings. The van der Waals surface area contributed by atoms with E-state index in [9.17, 15) is 21.6 Å². The lowest BCUT2D eigenvalue weighted by molar-refractivity contribution is -0.155. The van der Waals surface area contributed by atoms with Gasteiger partial charge in [0.2, 0.25) is 15.8 Å². The lowest BCUT2D eigenvalue weighted by atomic mass is 10.3. The SMILES string of the molecule is CCOCCCNS(=O)(=O)c1ccc(-c2cc(C(F)(F)F)on2)s1. The average Bonchev–Trinajstić information content (AvgIpc) is 3.15. The van der Waals surface area contributed by atoms with Gasteiger partial charge in [0.25, 0.3) is 0 Å². The van der Waals surface area contributed by atoms with Gasteiger partial charge in [-0.1, -0.05) is 5.16 Å². The predicted molar refractivity (Wildman–Crippen MR) is 81.1 cm³/mol. The lowest BCUT2D eigenvalue weighted by Crippen LogP contribution is -2.24. The number of sulfonamides is 1. The van der Waals surface area contributed by atoms with Crippen LogP contribution in [-0.2, 0) is 20.9 Å². The number of rotatable bonds is 8. The summed E-state index contributed by atoms with van der Waals surface area (Å²) in [5.74, 6) is -1.23. The molecule has 24 heavy (non-hydrogen) atoms. The number of aromatic nitrogens is 1. The Morgan fingerprint density at radius 2 is 2.12 bits per heavy atom. The van der Waals surface area contributed by atoms with Crippen LogP contribution in [0.15, 0.2) is 26.9 Å². The highest BCUT2D eigenvalue weighted by Crippen LogP contribution is 2.35. The molecule has 0 aliphatic heterocycles. The van der Waals surface area contributed by atoms with Gasteiger partial charge in [-0.3, -0.25) is 0 Å². The molecule has 0 saturated heterocycles. The van der Waals surface area contributed by atoms with Crippen LogP contribution in [0.4, 0.5) is 13.2 Å². The largest absolute Gasteiger partial charge is 0.452 e.